The Morgan fingerprint density at radius 3 is 2.73 bits per heavy atom. The standard InChI is InChI=1S/C25H27FN4O2S/c1-32-22-18(26)7-4-8-20(22)33-21-14-28-24(19(15-31)29-21)30-11-9-25(10-12-30)13-16-5-2-3-6-17(16)23(25)27/h2-8,14,23,31H,9-13,15,27H2,1H3/t23-/m1/s1. The lowest BCUT2D eigenvalue weighted by Crippen LogP contribution is -2.45. The van der Waals surface area contributed by atoms with E-state index in [1.165, 1.54) is 36.1 Å². The lowest BCUT2D eigenvalue weighted by molar-refractivity contribution is 0.186. The molecule has 1 fully saturated rings. The number of hydrogen-bond acceptors (Lipinski definition) is 7. The van der Waals surface area contributed by atoms with Crippen LogP contribution in [0.25, 0.3) is 0 Å². The van der Waals surface area contributed by atoms with Gasteiger partial charge in [-0.15, -0.1) is 0 Å². The van der Waals surface area contributed by atoms with E-state index >= 15 is 0 Å². The van der Waals surface area contributed by atoms with E-state index in [4.69, 9.17) is 10.5 Å². The Hall–Kier alpha value is -2.68. The molecule has 0 bridgehead atoms. The Bertz CT molecular complexity index is 1170. The minimum atomic E-state index is -0.427. The van der Waals surface area contributed by atoms with E-state index < -0.39 is 5.82 Å². The molecule has 6 nitrogen and oxygen atoms in total. The van der Waals surface area contributed by atoms with Gasteiger partial charge in [0.25, 0.3) is 0 Å². The quantitative estimate of drug-likeness (QED) is 0.585. The predicted molar refractivity (Wildman–Crippen MR) is 126 cm³/mol. The number of halogens is 1. The third-order valence-corrected chi connectivity index (χ3v) is 7.90. The van der Waals surface area contributed by atoms with Crippen molar-refractivity contribution in [3.05, 3.63) is 71.3 Å². The Morgan fingerprint density at radius 1 is 1.21 bits per heavy atom. The number of aliphatic hydroxyl groups is 1. The molecule has 1 saturated heterocycles. The molecule has 0 saturated carbocycles. The molecule has 3 N–H and O–H groups in total. The number of para-hydroxylation sites is 1. The molecule has 1 aliphatic heterocycles. The van der Waals surface area contributed by atoms with Crippen molar-refractivity contribution >= 4 is 17.6 Å². The average molecular weight is 467 g/mol. The largest absolute Gasteiger partial charge is 0.492 e. The molecule has 3 aromatic rings. The van der Waals surface area contributed by atoms with Crippen LogP contribution in [0.5, 0.6) is 5.75 Å². The Balaban J connectivity index is 1.33. The van der Waals surface area contributed by atoms with E-state index in [-0.39, 0.29) is 23.8 Å². The molecule has 5 rings (SSSR count). The summed E-state index contributed by atoms with van der Waals surface area (Å²) in [6, 6.07) is 13.3. The van der Waals surface area contributed by atoms with Crippen LogP contribution in [0.15, 0.2) is 58.6 Å². The van der Waals surface area contributed by atoms with E-state index in [0.29, 0.717) is 21.4 Å². The first-order chi connectivity index (χ1) is 16.0. The van der Waals surface area contributed by atoms with Gasteiger partial charge in [0.15, 0.2) is 17.4 Å². The van der Waals surface area contributed by atoms with Crippen LogP contribution in [-0.4, -0.2) is 35.3 Å². The second-order valence-corrected chi connectivity index (χ2v) is 9.77. The first kappa shape index (κ1) is 22.1. The molecule has 33 heavy (non-hydrogen) atoms. The van der Waals surface area contributed by atoms with Crippen molar-refractivity contribution in [2.75, 3.05) is 25.1 Å². The second kappa shape index (κ2) is 8.93. The van der Waals surface area contributed by atoms with E-state index in [2.05, 4.69) is 39.1 Å². The minimum Gasteiger partial charge on any atom is -0.492 e. The van der Waals surface area contributed by atoms with Gasteiger partial charge in [0.05, 0.1) is 24.8 Å². The SMILES string of the molecule is COc1c(F)cccc1Sc1cnc(N2CCC3(CC2)Cc2ccccc2[C@H]3N)c(CO)n1. The summed E-state index contributed by atoms with van der Waals surface area (Å²) in [5, 5.41) is 10.6. The first-order valence-electron chi connectivity index (χ1n) is 11.1. The fraction of sp³-hybridized carbons (Fsp3) is 0.360. The number of nitrogens with zero attached hydrogens (tertiary/aromatic N) is 3. The van der Waals surface area contributed by atoms with E-state index in [0.717, 1.165) is 32.4 Å². The molecule has 2 heterocycles. The zero-order valence-corrected chi connectivity index (χ0v) is 19.3. The normalized spacial score (nSPS) is 19.0. The van der Waals surface area contributed by atoms with Crippen molar-refractivity contribution in [3.63, 3.8) is 0 Å². The highest BCUT2D eigenvalue weighted by Gasteiger charge is 2.46. The second-order valence-electron chi connectivity index (χ2n) is 8.71. The average Bonchev–Trinajstić information content (AvgIpc) is 3.11. The van der Waals surface area contributed by atoms with Crippen molar-refractivity contribution in [3.8, 4) is 5.75 Å². The molecular formula is C25H27FN4O2S. The van der Waals surface area contributed by atoms with Crippen molar-refractivity contribution in [1.82, 2.24) is 9.97 Å². The van der Waals surface area contributed by atoms with Crippen LogP contribution in [0.2, 0.25) is 0 Å². The molecule has 2 aromatic carbocycles. The van der Waals surface area contributed by atoms with Crippen molar-refractivity contribution in [1.29, 1.82) is 0 Å². The lowest BCUT2D eigenvalue weighted by atomic mass is 9.73. The molecular weight excluding hydrogens is 439 g/mol. The summed E-state index contributed by atoms with van der Waals surface area (Å²) in [5.41, 5.74) is 9.93. The molecule has 1 aliphatic carbocycles. The number of piperidine rings is 1. The molecule has 2 aliphatic rings. The molecule has 8 heteroatoms. The highest BCUT2D eigenvalue weighted by atomic mass is 32.2. The number of aliphatic hydroxyl groups excluding tert-OH is 1. The fourth-order valence-corrected chi connectivity index (χ4v) is 6.08. The summed E-state index contributed by atoms with van der Waals surface area (Å²) in [7, 11) is 1.44. The number of rotatable bonds is 5. The van der Waals surface area contributed by atoms with Crippen molar-refractivity contribution < 1.29 is 14.2 Å². The summed E-state index contributed by atoms with van der Waals surface area (Å²) in [4.78, 5) is 12.0. The fourth-order valence-electron chi connectivity index (χ4n) is 5.17. The van der Waals surface area contributed by atoms with Gasteiger partial charge >= 0.3 is 0 Å². The summed E-state index contributed by atoms with van der Waals surface area (Å²) in [6.07, 6.45) is 4.62. The maximum Gasteiger partial charge on any atom is 0.168 e. The molecule has 0 radical (unpaired) electrons. The van der Waals surface area contributed by atoms with Gasteiger partial charge in [-0.25, -0.2) is 14.4 Å². The lowest BCUT2D eigenvalue weighted by Gasteiger charge is -2.42. The predicted octanol–water partition coefficient (Wildman–Crippen LogP) is 4.11. The first-order valence-corrected chi connectivity index (χ1v) is 11.9. The highest BCUT2D eigenvalue weighted by molar-refractivity contribution is 7.99. The van der Waals surface area contributed by atoms with E-state index in [1.54, 1.807) is 18.3 Å². The van der Waals surface area contributed by atoms with E-state index in [1.807, 2.05) is 0 Å². The third kappa shape index (κ3) is 3.96. The van der Waals surface area contributed by atoms with Gasteiger partial charge in [-0.05, 0) is 47.9 Å². The van der Waals surface area contributed by atoms with Crippen LogP contribution in [0, 0.1) is 11.2 Å². The minimum absolute atomic E-state index is 0.0549. The van der Waals surface area contributed by atoms with Crippen LogP contribution >= 0.6 is 11.8 Å². The van der Waals surface area contributed by atoms with Crippen molar-refractivity contribution in [2.45, 2.75) is 41.8 Å². The highest BCUT2D eigenvalue weighted by Crippen LogP contribution is 2.51. The summed E-state index contributed by atoms with van der Waals surface area (Å²) in [6.45, 7) is 1.41. The van der Waals surface area contributed by atoms with Gasteiger partial charge in [-0.1, -0.05) is 42.1 Å². The summed E-state index contributed by atoms with van der Waals surface area (Å²) >= 11 is 1.26. The van der Waals surface area contributed by atoms with Gasteiger partial charge in [0.2, 0.25) is 0 Å². The molecule has 1 spiro atoms. The molecule has 1 atom stereocenters. The zero-order chi connectivity index (χ0) is 23.0. The van der Waals surface area contributed by atoms with Crippen LogP contribution in [0.4, 0.5) is 10.2 Å². The summed E-state index contributed by atoms with van der Waals surface area (Å²) < 4.78 is 19.2. The van der Waals surface area contributed by atoms with Crippen LogP contribution in [0.3, 0.4) is 0 Å². The van der Waals surface area contributed by atoms with Gasteiger partial charge in [-0.2, -0.15) is 0 Å². The topological polar surface area (TPSA) is 84.5 Å². The smallest absolute Gasteiger partial charge is 0.168 e. The number of hydrogen-bond donors (Lipinski definition) is 2. The number of benzene rings is 2. The number of fused-ring (bicyclic) bond motifs is 1. The Labute approximate surface area is 197 Å². The van der Waals surface area contributed by atoms with Gasteiger partial charge in [-0.3, -0.25) is 0 Å². The molecule has 172 valence electrons. The summed E-state index contributed by atoms with van der Waals surface area (Å²) in [5.74, 6) is 0.449. The molecule has 1 aromatic heterocycles. The number of ether oxygens (including phenoxy) is 1. The Morgan fingerprint density at radius 2 is 2.00 bits per heavy atom. The third-order valence-electron chi connectivity index (χ3n) is 6.95. The van der Waals surface area contributed by atoms with Gasteiger partial charge < -0.3 is 20.5 Å². The monoisotopic (exact) mass is 466 g/mol. The van der Waals surface area contributed by atoms with Crippen LogP contribution in [0.1, 0.15) is 35.7 Å². The molecule has 0 amide bonds. The zero-order valence-electron chi connectivity index (χ0n) is 18.5. The maximum atomic E-state index is 14.0. The number of anilines is 1. The molecule has 0 unspecified atom stereocenters. The van der Waals surface area contributed by atoms with Gasteiger partial charge in [0, 0.05) is 19.1 Å². The Kier molecular flexibility index (Phi) is 5.99. The van der Waals surface area contributed by atoms with Crippen LogP contribution < -0.4 is 15.4 Å². The van der Waals surface area contributed by atoms with Crippen LogP contribution in [-0.2, 0) is 13.0 Å². The number of aromatic nitrogens is 2. The number of methoxy groups -OCH3 is 1. The number of nitrogens with two attached hydrogens (primary N) is 1. The van der Waals surface area contributed by atoms with Crippen molar-refractivity contribution in [2.24, 2.45) is 11.1 Å². The maximum absolute atomic E-state index is 14.0. The van der Waals surface area contributed by atoms with E-state index in [9.17, 15) is 9.50 Å². The van der Waals surface area contributed by atoms with Gasteiger partial charge in [0.1, 0.15) is 10.7 Å².